The van der Waals surface area contributed by atoms with E-state index in [1.54, 1.807) is 12.1 Å². The second-order valence-electron chi connectivity index (χ2n) is 9.15. The maximum atomic E-state index is 12.7. The molecule has 0 aromatic heterocycles. The molecule has 0 aliphatic carbocycles. The predicted octanol–water partition coefficient (Wildman–Crippen LogP) is 6.49. The summed E-state index contributed by atoms with van der Waals surface area (Å²) in [5.41, 5.74) is 4.80. The number of piperazine rings is 1. The van der Waals surface area contributed by atoms with Crippen LogP contribution in [-0.4, -0.2) is 37.0 Å². The molecule has 1 saturated heterocycles. The van der Waals surface area contributed by atoms with Crippen LogP contribution in [0, 0.1) is 0 Å². The molecule has 4 aromatic rings. The first-order valence-corrected chi connectivity index (χ1v) is 12.9. The Balaban J connectivity index is 1.10. The van der Waals surface area contributed by atoms with Gasteiger partial charge in [0.2, 0.25) is 0 Å². The summed E-state index contributed by atoms with van der Waals surface area (Å²) >= 11 is 6.33. The minimum absolute atomic E-state index is 0.143. The van der Waals surface area contributed by atoms with Crippen molar-refractivity contribution < 1.29 is 9.53 Å². The van der Waals surface area contributed by atoms with Crippen LogP contribution in [0.25, 0.3) is 0 Å². The molecular weight excluding hydrogens is 482 g/mol. The second-order valence-corrected chi connectivity index (χ2v) is 9.56. The van der Waals surface area contributed by atoms with Crippen LogP contribution < -0.4 is 15.0 Å². The molecule has 188 valence electrons. The zero-order valence-corrected chi connectivity index (χ0v) is 21.4. The zero-order valence-electron chi connectivity index (χ0n) is 20.6. The van der Waals surface area contributed by atoms with Crippen molar-refractivity contribution in [2.45, 2.75) is 13.2 Å². The Morgan fingerprint density at radius 2 is 1.46 bits per heavy atom. The minimum Gasteiger partial charge on any atom is -0.489 e. The highest BCUT2D eigenvalue weighted by atomic mass is 35.5. The number of hydrogen-bond acceptors (Lipinski definition) is 4. The summed E-state index contributed by atoms with van der Waals surface area (Å²) < 4.78 is 5.81. The maximum absolute atomic E-state index is 12.7. The van der Waals surface area contributed by atoms with Gasteiger partial charge in [0.15, 0.2) is 0 Å². The van der Waals surface area contributed by atoms with Gasteiger partial charge in [-0.25, -0.2) is 0 Å². The van der Waals surface area contributed by atoms with E-state index in [4.69, 9.17) is 16.3 Å². The number of anilines is 2. The van der Waals surface area contributed by atoms with Crippen molar-refractivity contribution in [1.29, 1.82) is 0 Å². The summed E-state index contributed by atoms with van der Waals surface area (Å²) in [7, 11) is 0. The molecule has 5 nitrogen and oxygen atoms in total. The van der Waals surface area contributed by atoms with Crippen LogP contribution in [0.1, 0.15) is 21.5 Å². The Hall–Kier alpha value is -3.80. The smallest absolute Gasteiger partial charge is 0.255 e. The van der Waals surface area contributed by atoms with Crippen molar-refractivity contribution >= 4 is 28.9 Å². The highest BCUT2D eigenvalue weighted by molar-refractivity contribution is 6.31. The van der Waals surface area contributed by atoms with Gasteiger partial charge in [0.25, 0.3) is 5.91 Å². The fraction of sp³-hybridized carbons (Fsp3) is 0.194. The SMILES string of the molecule is O=C(Nc1ccc(N2CCN(Cc3ccccc3Cl)CC2)cc1)c1ccc(OCc2ccccc2)cc1. The number of rotatable bonds is 8. The highest BCUT2D eigenvalue weighted by Crippen LogP contribution is 2.23. The third-order valence-corrected chi connectivity index (χ3v) is 6.95. The average molecular weight is 512 g/mol. The number of nitrogens with one attached hydrogen (secondary N) is 1. The molecule has 1 N–H and O–H groups in total. The number of halogens is 1. The van der Waals surface area contributed by atoms with Gasteiger partial charge in [0.05, 0.1) is 0 Å². The van der Waals surface area contributed by atoms with Gasteiger partial charge in [-0.3, -0.25) is 9.69 Å². The molecule has 1 aliphatic heterocycles. The van der Waals surface area contributed by atoms with Crippen molar-refractivity contribution in [2.75, 3.05) is 36.4 Å². The lowest BCUT2D eigenvalue weighted by molar-refractivity contribution is 0.102. The number of carbonyl (C=O) groups is 1. The molecular formula is C31H30ClN3O2. The summed E-state index contributed by atoms with van der Waals surface area (Å²) in [6.07, 6.45) is 0. The Labute approximate surface area is 223 Å². The van der Waals surface area contributed by atoms with Gasteiger partial charge in [0.1, 0.15) is 12.4 Å². The second kappa shape index (κ2) is 12.0. The van der Waals surface area contributed by atoms with Gasteiger partial charge >= 0.3 is 0 Å². The van der Waals surface area contributed by atoms with Crippen LogP contribution >= 0.6 is 11.6 Å². The molecule has 1 fully saturated rings. The first-order chi connectivity index (χ1) is 18.1. The van der Waals surface area contributed by atoms with Gasteiger partial charge in [0, 0.05) is 54.7 Å². The normalized spacial score (nSPS) is 13.8. The Bertz CT molecular complexity index is 1300. The Morgan fingerprint density at radius 1 is 0.784 bits per heavy atom. The van der Waals surface area contributed by atoms with Crippen LogP contribution in [-0.2, 0) is 13.2 Å². The molecule has 0 radical (unpaired) electrons. The van der Waals surface area contributed by atoms with Gasteiger partial charge in [-0.2, -0.15) is 0 Å². The molecule has 37 heavy (non-hydrogen) atoms. The van der Waals surface area contributed by atoms with Gasteiger partial charge < -0.3 is 15.0 Å². The maximum Gasteiger partial charge on any atom is 0.255 e. The van der Waals surface area contributed by atoms with Crippen molar-refractivity contribution in [3.05, 3.63) is 125 Å². The highest BCUT2D eigenvalue weighted by Gasteiger charge is 2.18. The van der Waals surface area contributed by atoms with E-state index >= 15 is 0 Å². The van der Waals surface area contributed by atoms with Crippen molar-refractivity contribution in [3.8, 4) is 5.75 Å². The van der Waals surface area contributed by atoms with E-state index in [1.165, 1.54) is 5.56 Å². The zero-order chi connectivity index (χ0) is 25.5. The Kier molecular flexibility index (Phi) is 8.04. The lowest BCUT2D eigenvalue weighted by Gasteiger charge is -2.36. The van der Waals surface area contributed by atoms with Gasteiger partial charge in [-0.1, -0.05) is 60.1 Å². The number of hydrogen-bond donors (Lipinski definition) is 1. The number of amides is 1. The van der Waals surface area contributed by atoms with Gasteiger partial charge in [-0.15, -0.1) is 0 Å². The number of benzene rings is 4. The van der Waals surface area contributed by atoms with E-state index in [0.717, 1.165) is 60.4 Å². The lowest BCUT2D eigenvalue weighted by atomic mass is 10.1. The lowest BCUT2D eigenvalue weighted by Crippen LogP contribution is -2.46. The number of nitrogens with zero attached hydrogens (tertiary/aromatic N) is 2. The summed E-state index contributed by atoms with van der Waals surface area (Å²) in [6.45, 7) is 5.24. The predicted molar refractivity (Wildman–Crippen MR) is 151 cm³/mol. The van der Waals surface area contributed by atoms with Crippen molar-refractivity contribution in [1.82, 2.24) is 4.90 Å². The monoisotopic (exact) mass is 511 g/mol. The molecule has 1 aliphatic rings. The first kappa shape index (κ1) is 24.9. The van der Waals surface area contributed by atoms with Crippen LogP contribution in [0.5, 0.6) is 5.75 Å². The molecule has 0 saturated carbocycles. The third-order valence-electron chi connectivity index (χ3n) is 6.58. The van der Waals surface area contributed by atoms with Crippen molar-refractivity contribution in [2.24, 2.45) is 0 Å². The van der Waals surface area contributed by atoms with Crippen LogP contribution in [0.3, 0.4) is 0 Å². The summed E-state index contributed by atoms with van der Waals surface area (Å²) in [4.78, 5) is 17.5. The summed E-state index contributed by atoms with van der Waals surface area (Å²) in [6, 6.07) is 33.3. The molecule has 1 amide bonds. The fourth-order valence-electron chi connectivity index (χ4n) is 4.43. The number of carbonyl (C=O) groups excluding carboxylic acids is 1. The molecule has 0 atom stereocenters. The van der Waals surface area contributed by atoms with E-state index in [2.05, 4.69) is 33.3 Å². The minimum atomic E-state index is -0.143. The van der Waals surface area contributed by atoms with E-state index in [-0.39, 0.29) is 5.91 Å². The van der Waals surface area contributed by atoms with E-state index in [0.29, 0.717) is 12.2 Å². The van der Waals surface area contributed by atoms with Gasteiger partial charge in [-0.05, 0) is 65.7 Å². The topological polar surface area (TPSA) is 44.8 Å². The summed E-state index contributed by atoms with van der Waals surface area (Å²) in [5.74, 6) is 0.590. The molecule has 0 spiro atoms. The molecule has 0 bridgehead atoms. The molecule has 0 unspecified atom stereocenters. The van der Waals surface area contributed by atoms with Crippen LogP contribution in [0.2, 0.25) is 5.02 Å². The summed E-state index contributed by atoms with van der Waals surface area (Å²) in [5, 5.41) is 3.81. The standard InChI is InChI=1S/C31H30ClN3O2/c32-30-9-5-4-8-26(30)22-34-18-20-35(21-19-34)28-14-12-27(13-15-28)33-31(36)25-10-16-29(17-11-25)37-23-24-6-2-1-3-7-24/h1-17H,18-23H2,(H,33,36). The van der Waals surface area contributed by atoms with Crippen molar-refractivity contribution in [3.63, 3.8) is 0 Å². The Morgan fingerprint density at radius 3 is 2.16 bits per heavy atom. The molecule has 1 heterocycles. The molecule has 6 heteroatoms. The fourth-order valence-corrected chi connectivity index (χ4v) is 4.63. The molecule has 4 aromatic carbocycles. The quantitative estimate of drug-likeness (QED) is 0.293. The molecule has 5 rings (SSSR count). The largest absolute Gasteiger partial charge is 0.489 e. The van der Waals surface area contributed by atoms with Crippen LogP contribution in [0.4, 0.5) is 11.4 Å². The average Bonchev–Trinajstić information content (AvgIpc) is 2.95. The number of ether oxygens (including phenoxy) is 1. The van der Waals surface area contributed by atoms with E-state index in [1.807, 2.05) is 72.8 Å². The van der Waals surface area contributed by atoms with E-state index in [9.17, 15) is 4.79 Å². The third kappa shape index (κ3) is 6.70. The van der Waals surface area contributed by atoms with Crippen LogP contribution in [0.15, 0.2) is 103 Å². The first-order valence-electron chi connectivity index (χ1n) is 12.5. The van der Waals surface area contributed by atoms with E-state index < -0.39 is 0 Å².